The zero-order valence-corrected chi connectivity index (χ0v) is 9.48. The fourth-order valence-corrected chi connectivity index (χ4v) is 0.288. The van der Waals surface area contributed by atoms with Gasteiger partial charge in [0.2, 0.25) is 5.91 Å². The molecule has 0 saturated heterocycles. The van der Waals surface area contributed by atoms with Crippen LogP contribution in [-0.2, 0) is 26.1 Å². The van der Waals surface area contributed by atoms with E-state index in [1.165, 1.54) is 0 Å². The number of halogens is 2. The van der Waals surface area contributed by atoms with Crippen LogP contribution in [0.5, 0.6) is 0 Å². The first-order valence-corrected chi connectivity index (χ1v) is 8.13. The molecule has 0 aliphatic heterocycles. The number of primary amides is 1. The van der Waals surface area contributed by atoms with Crippen molar-refractivity contribution in [3.63, 3.8) is 0 Å². The predicted octanol–water partition coefficient (Wildman–Crippen LogP) is 0.744. The number of amides is 1. The summed E-state index contributed by atoms with van der Waals surface area (Å²) < 4.78 is 0. The molecule has 0 rings (SSSR count). The molecule has 1 unspecified atom stereocenters. The second kappa shape index (κ2) is 9.26. The Hall–Kier alpha value is 0.168. The Morgan fingerprint density at radius 2 is 1.92 bits per heavy atom. The molecule has 8 heteroatoms. The third-order valence-electron chi connectivity index (χ3n) is 0.703. The Balaban J connectivity index is 0. The van der Waals surface area contributed by atoms with Crippen molar-refractivity contribution in [1.29, 1.82) is 0 Å². The molecule has 0 aliphatic rings. The molecular formula is C4H7Cl2N2O3Pt-. The van der Waals surface area contributed by atoms with E-state index in [1.54, 1.807) is 0 Å². The van der Waals surface area contributed by atoms with Crippen LogP contribution in [0.1, 0.15) is 6.42 Å². The Kier molecular flexibility index (Phi) is 11.3. The normalized spacial score (nSPS) is 11.2. The first-order valence-electron chi connectivity index (χ1n) is 2.50. The molecular weight excluding hydrogens is 390 g/mol. The summed E-state index contributed by atoms with van der Waals surface area (Å²) in [6, 6.07) is -1.41. The monoisotopic (exact) mass is 396 g/mol. The van der Waals surface area contributed by atoms with E-state index in [-0.39, 0.29) is 0 Å². The molecule has 1 atom stereocenters. The molecule has 76 valence electrons. The smallest absolute Gasteiger partial charge is 0.285 e. The van der Waals surface area contributed by atoms with Crippen LogP contribution in [0.3, 0.4) is 0 Å². The number of carboxylic acids is 1. The number of nitrogens with two attached hydrogens (primary N) is 1. The summed E-state index contributed by atoms with van der Waals surface area (Å²) in [5.74, 6) is -2.09. The molecule has 0 radical (unpaired) electrons. The number of aliphatic carboxylic acids is 1. The average molecular weight is 397 g/mol. The van der Waals surface area contributed by atoms with E-state index in [9.17, 15) is 9.59 Å². The number of carboxylic acid groups (broad SMARTS) is 1. The molecule has 1 amide bonds. The average Bonchev–Trinajstić information content (AvgIpc) is 1.87. The Labute approximate surface area is 85.8 Å². The zero-order chi connectivity index (χ0) is 10.1. The summed E-state index contributed by atoms with van der Waals surface area (Å²) in [6.45, 7) is 0. The maximum absolute atomic E-state index is 9.95. The van der Waals surface area contributed by atoms with Crippen molar-refractivity contribution >= 4 is 30.7 Å². The number of hydrogen-bond acceptors (Lipinski definition) is 2. The minimum atomic E-state index is -1.41. The van der Waals surface area contributed by atoms with E-state index in [1.807, 2.05) is 0 Å². The molecule has 0 aromatic heterocycles. The molecule has 12 heavy (non-hydrogen) atoms. The fourth-order valence-electron chi connectivity index (χ4n) is 0.288. The van der Waals surface area contributed by atoms with Crippen molar-refractivity contribution in [2.45, 2.75) is 12.5 Å². The van der Waals surface area contributed by atoms with Gasteiger partial charge in [0.1, 0.15) is 0 Å². The molecule has 0 aromatic rings. The minimum Gasteiger partial charge on any atom is -0.665 e. The van der Waals surface area contributed by atoms with Gasteiger partial charge in [0.15, 0.2) is 0 Å². The van der Waals surface area contributed by atoms with Gasteiger partial charge in [-0.3, -0.25) is 9.59 Å². The molecule has 0 aromatic carbocycles. The third-order valence-corrected chi connectivity index (χ3v) is 0.703. The fraction of sp³-hybridized carbons (Fsp3) is 0.500. The van der Waals surface area contributed by atoms with E-state index >= 15 is 0 Å². The van der Waals surface area contributed by atoms with Crippen LogP contribution in [-0.4, -0.2) is 23.0 Å². The molecule has 5 nitrogen and oxygen atoms in total. The number of carbonyl (C=O) groups excluding carboxylic acids is 1. The van der Waals surface area contributed by atoms with Gasteiger partial charge in [-0.1, -0.05) is 0 Å². The van der Waals surface area contributed by atoms with Crippen molar-refractivity contribution in [2.24, 2.45) is 5.73 Å². The van der Waals surface area contributed by atoms with Gasteiger partial charge in [0, 0.05) is 6.42 Å². The van der Waals surface area contributed by atoms with Crippen LogP contribution in [0.25, 0.3) is 5.73 Å². The van der Waals surface area contributed by atoms with Crippen molar-refractivity contribution in [1.82, 2.24) is 0 Å². The van der Waals surface area contributed by atoms with Gasteiger partial charge in [0.25, 0.3) is 5.97 Å². The van der Waals surface area contributed by atoms with E-state index in [0.29, 0.717) is 0 Å². The van der Waals surface area contributed by atoms with Crippen LogP contribution in [0.15, 0.2) is 0 Å². The van der Waals surface area contributed by atoms with Crippen molar-refractivity contribution in [3.8, 4) is 0 Å². The molecule has 0 saturated carbocycles. The predicted molar refractivity (Wildman–Crippen MR) is 41.3 cm³/mol. The Morgan fingerprint density at radius 1 is 1.58 bits per heavy atom. The molecule has 4 N–H and O–H groups in total. The summed E-state index contributed by atoms with van der Waals surface area (Å²) in [5, 5.41) is 8.04. The van der Waals surface area contributed by atoms with Gasteiger partial charge >= 0.3 is 35.3 Å². The van der Waals surface area contributed by atoms with Crippen molar-refractivity contribution < 1.29 is 31.2 Å². The number of carbonyl (C=O) groups is 2. The van der Waals surface area contributed by atoms with Gasteiger partial charge in [-0.05, 0) is 6.04 Å². The molecule has 0 spiro atoms. The molecule has 0 aliphatic carbocycles. The van der Waals surface area contributed by atoms with E-state index in [4.69, 9.17) is 29.7 Å². The van der Waals surface area contributed by atoms with E-state index in [2.05, 4.69) is 5.73 Å². The Bertz CT molecular complexity index is 157. The minimum absolute atomic E-state index is 0.421. The van der Waals surface area contributed by atoms with Crippen LogP contribution in [0.2, 0.25) is 0 Å². The standard InChI is InChI=1S/C4H7N2O3.2ClH.Pt/c5-2(4(8)9)1-3(6)7;;;/h2,5H,1H2,(H2,6,7)(H,8,9);2*1H;/q-1;;;+2/p-2. The van der Waals surface area contributed by atoms with Crippen LogP contribution in [0, 0.1) is 0 Å². The molecule has 0 bridgehead atoms. The maximum Gasteiger partial charge on any atom is 0.285 e. The summed E-state index contributed by atoms with van der Waals surface area (Å²) in [4.78, 5) is 19.8. The van der Waals surface area contributed by atoms with Gasteiger partial charge in [0.05, 0.1) is 0 Å². The zero-order valence-electron chi connectivity index (χ0n) is 5.70. The largest absolute Gasteiger partial charge is 0.665 e. The van der Waals surface area contributed by atoms with Gasteiger partial charge < -0.3 is 16.6 Å². The second-order valence-corrected chi connectivity index (χ2v) is 4.89. The summed E-state index contributed by atoms with van der Waals surface area (Å²) in [6.07, 6.45) is -0.421. The quantitative estimate of drug-likeness (QED) is 0.734. The summed E-state index contributed by atoms with van der Waals surface area (Å²) >= 11 is -0.472. The Morgan fingerprint density at radius 3 is 2.00 bits per heavy atom. The van der Waals surface area contributed by atoms with Gasteiger partial charge in [-0.2, -0.15) is 0 Å². The first kappa shape index (κ1) is 14.7. The first-order chi connectivity index (χ1) is 5.45. The number of nitrogens with one attached hydrogen (secondary N) is 1. The maximum atomic E-state index is 9.95. The van der Waals surface area contributed by atoms with Crippen molar-refractivity contribution in [2.75, 3.05) is 0 Å². The van der Waals surface area contributed by atoms with Crippen LogP contribution < -0.4 is 5.73 Å². The summed E-state index contributed by atoms with van der Waals surface area (Å²) in [5.41, 5.74) is 11.3. The topological polar surface area (TPSA) is 104 Å². The van der Waals surface area contributed by atoms with Gasteiger partial charge in [-0.25, -0.2) is 0 Å². The molecule has 0 fully saturated rings. The SMILES string of the molecule is [Cl][Pt][Cl].[NH-]C(CC(N)=O)C(=O)O. The van der Waals surface area contributed by atoms with Crippen molar-refractivity contribution in [3.05, 3.63) is 5.73 Å². The number of hydrogen-bond donors (Lipinski definition) is 2. The summed E-state index contributed by atoms with van der Waals surface area (Å²) in [7, 11) is 9.75. The van der Waals surface area contributed by atoms with E-state index < -0.39 is 40.8 Å². The van der Waals surface area contributed by atoms with Crippen LogP contribution >= 0.6 is 18.8 Å². The third kappa shape index (κ3) is 12.8. The second-order valence-electron chi connectivity index (χ2n) is 1.61. The molecule has 0 heterocycles. The van der Waals surface area contributed by atoms with Crippen LogP contribution in [0.4, 0.5) is 0 Å². The number of rotatable bonds is 3. The van der Waals surface area contributed by atoms with Gasteiger partial charge in [-0.15, -0.1) is 0 Å². The van der Waals surface area contributed by atoms with E-state index in [0.717, 1.165) is 0 Å².